The lowest BCUT2D eigenvalue weighted by molar-refractivity contribution is 0.672. The Morgan fingerprint density at radius 2 is 2.29 bits per heavy atom. The largest absolute Gasteiger partial charge is 0.360 e. The molecule has 2 atom stereocenters. The number of nitrogens with zero attached hydrogens (tertiary/aromatic N) is 2. The third-order valence-electron chi connectivity index (χ3n) is 1.92. The summed E-state index contributed by atoms with van der Waals surface area (Å²) < 4.78 is 11.0. The molecular formula is C8H15N3OS2. The van der Waals surface area contributed by atoms with Crippen LogP contribution in [0.25, 0.3) is 0 Å². The summed E-state index contributed by atoms with van der Waals surface area (Å²) in [6.45, 7) is 4.71. The van der Waals surface area contributed by atoms with Crippen LogP contribution < -0.4 is 5.32 Å². The van der Waals surface area contributed by atoms with Crippen molar-refractivity contribution in [2.45, 2.75) is 25.5 Å². The van der Waals surface area contributed by atoms with Crippen molar-refractivity contribution in [2.75, 3.05) is 18.1 Å². The molecule has 14 heavy (non-hydrogen) atoms. The van der Waals surface area contributed by atoms with Gasteiger partial charge in [-0.25, -0.2) is 0 Å². The SMILES string of the molecule is Cc1nnc(NCCC(C)S(C)=O)s1. The Morgan fingerprint density at radius 3 is 2.79 bits per heavy atom. The Morgan fingerprint density at radius 1 is 1.57 bits per heavy atom. The lowest BCUT2D eigenvalue weighted by atomic mass is 10.3. The summed E-state index contributed by atoms with van der Waals surface area (Å²) in [6.07, 6.45) is 2.63. The summed E-state index contributed by atoms with van der Waals surface area (Å²) in [7, 11) is -0.736. The molecular weight excluding hydrogens is 218 g/mol. The molecule has 0 spiro atoms. The van der Waals surface area contributed by atoms with Gasteiger partial charge in [0.1, 0.15) is 5.01 Å². The van der Waals surface area contributed by atoms with Crippen molar-refractivity contribution in [3.63, 3.8) is 0 Å². The minimum absolute atomic E-state index is 0.233. The van der Waals surface area contributed by atoms with Crippen LogP contribution in [0.4, 0.5) is 5.13 Å². The molecule has 0 saturated carbocycles. The number of anilines is 1. The van der Waals surface area contributed by atoms with E-state index in [2.05, 4.69) is 15.5 Å². The topological polar surface area (TPSA) is 54.9 Å². The van der Waals surface area contributed by atoms with Gasteiger partial charge in [-0.2, -0.15) is 0 Å². The van der Waals surface area contributed by atoms with Gasteiger partial charge in [0.2, 0.25) is 5.13 Å². The van der Waals surface area contributed by atoms with Crippen LogP contribution in [0.5, 0.6) is 0 Å². The van der Waals surface area contributed by atoms with Crippen LogP contribution in [0.2, 0.25) is 0 Å². The number of hydrogen-bond donors (Lipinski definition) is 1. The first kappa shape index (κ1) is 11.6. The summed E-state index contributed by atoms with van der Waals surface area (Å²) in [5.41, 5.74) is 0. The Labute approximate surface area is 90.6 Å². The molecule has 0 fully saturated rings. The van der Waals surface area contributed by atoms with E-state index in [1.54, 1.807) is 6.26 Å². The number of aryl methyl sites for hydroxylation is 1. The highest BCUT2D eigenvalue weighted by atomic mass is 32.2. The van der Waals surface area contributed by atoms with E-state index in [1.165, 1.54) is 11.3 Å². The van der Waals surface area contributed by atoms with Gasteiger partial charge in [0.15, 0.2) is 0 Å². The first-order chi connectivity index (χ1) is 6.59. The Balaban J connectivity index is 2.25. The van der Waals surface area contributed by atoms with Gasteiger partial charge in [-0.1, -0.05) is 18.3 Å². The maximum atomic E-state index is 11.0. The molecule has 0 saturated heterocycles. The number of hydrogen-bond acceptors (Lipinski definition) is 5. The van der Waals surface area contributed by atoms with E-state index in [-0.39, 0.29) is 5.25 Å². The third kappa shape index (κ3) is 3.71. The van der Waals surface area contributed by atoms with Gasteiger partial charge in [0, 0.05) is 28.9 Å². The zero-order valence-corrected chi connectivity index (χ0v) is 10.2. The predicted molar refractivity (Wildman–Crippen MR) is 61.3 cm³/mol. The Bertz CT molecular complexity index is 313. The molecule has 0 aliphatic carbocycles. The molecule has 1 aromatic heterocycles. The third-order valence-corrected chi connectivity index (χ3v) is 4.09. The fourth-order valence-corrected chi connectivity index (χ4v) is 1.98. The van der Waals surface area contributed by atoms with Gasteiger partial charge in [-0.3, -0.25) is 4.21 Å². The average molecular weight is 233 g/mol. The van der Waals surface area contributed by atoms with Crippen LogP contribution in [0.3, 0.4) is 0 Å². The van der Waals surface area contributed by atoms with Crippen molar-refractivity contribution >= 4 is 27.3 Å². The van der Waals surface area contributed by atoms with E-state index >= 15 is 0 Å². The molecule has 0 radical (unpaired) electrons. The lowest BCUT2D eigenvalue weighted by Gasteiger charge is -2.07. The second-order valence-corrected chi connectivity index (χ2v) is 6.13. The predicted octanol–water partition coefficient (Wildman–Crippen LogP) is 1.42. The maximum Gasteiger partial charge on any atom is 0.205 e. The molecule has 0 aliphatic heterocycles. The van der Waals surface area contributed by atoms with E-state index in [0.717, 1.165) is 23.1 Å². The molecule has 2 unspecified atom stereocenters. The zero-order valence-electron chi connectivity index (χ0n) is 8.61. The van der Waals surface area contributed by atoms with Crippen molar-refractivity contribution in [1.82, 2.24) is 10.2 Å². The van der Waals surface area contributed by atoms with Gasteiger partial charge in [0.05, 0.1) is 0 Å². The lowest BCUT2D eigenvalue weighted by Crippen LogP contribution is -2.14. The second-order valence-electron chi connectivity index (χ2n) is 3.15. The van der Waals surface area contributed by atoms with Crippen molar-refractivity contribution in [3.8, 4) is 0 Å². The Kier molecular flexibility index (Phi) is 4.47. The molecule has 0 bridgehead atoms. The molecule has 1 rings (SSSR count). The average Bonchev–Trinajstić information content (AvgIpc) is 2.51. The number of aromatic nitrogens is 2. The molecule has 0 amide bonds. The van der Waals surface area contributed by atoms with Gasteiger partial charge < -0.3 is 5.32 Å². The summed E-state index contributed by atoms with van der Waals surface area (Å²) >= 11 is 1.54. The molecule has 6 heteroatoms. The molecule has 1 aromatic rings. The van der Waals surface area contributed by atoms with E-state index in [1.807, 2.05) is 13.8 Å². The van der Waals surface area contributed by atoms with Gasteiger partial charge in [-0.05, 0) is 13.3 Å². The van der Waals surface area contributed by atoms with E-state index in [0.29, 0.717) is 0 Å². The van der Waals surface area contributed by atoms with Crippen LogP contribution in [-0.2, 0) is 10.8 Å². The first-order valence-electron chi connectivity index (χ1n) is 4.46. The Hall–Kier alpha value is -0.490. The fraction of sp³-hybridized carbons (Fsp3) is 0.750. The molecule has 0 aromatic carbocycles. The first-order valence-corrected chi connectivity index (χ1v) is 6.89. The fourth-order valence-electron chi connectivity index (χ4n) is 0.916. The molecule has 0 aliphatic rings. The molecule has 80 valence electrons. The van der Waals surface area contributed by atoms with Gasteiger partial charge in [0.25, 0.3) is 0 Å². The van der Waals surface area contributed by atoms with Crippen molar-refractivity contribution in [3.05, 3.63) is 5.01 Å². The van der Waals surface area contributed by atoms with E-state index in [4.69, 9.17) is 0 Å². The van der Waals surface area contributed by atoms with Crippen LogP contribution in [0.1, 0.15) is 18.4 Å². The van der Waals surface area contributed by atoms with E-state index < -0.39 is 10.8 Å². The monoisotopic (exact) mass is 233 g/mol. The quantitative estimate of drug-likeness (QED) is 0.835. The zero-order chi connectivity index (χ0) is 10.6. The minimum Gasteiger partial charge on any atom is -0.360 e. The summed E-state index contributed by atoms with van der Waals surface area (Å²) in [5.74, 6) is 0. The summed E-state index contributed by atoms with van der Waals surface area (Å²) in [5, 5.41) is 13.0. The van der Waals surface area contributed by atoms with Crippen molar-refractivity contribution < 1.29 is 4.21 Å². The molecule has 4 nitrogen and oxygen atoms in total. The van der Waals surface area contributed by atoms with Crippen LogP contribution in [0, 0.1) is 6.92 Å². The molecule has 1 N–H and O–H groups in total. The van der Waals surface area contributed by atoms with Crippen molar-refractivity contribution in [1.29, 1.82) is 0 Å². The van der Waals surface area contributed by atoms with E-state index in [9.17, 15) is 4.21 Å². The normalized spacial score (nSPS) is 15.1. The standard InChI is InChI=1S/C8H15N3OS2/c1-6(14(3)12)4-5-9-8-11-10-7(2)13-8/h6H,4-5H2,1-3H3,(H,9,11). The minimum atomic E-state index is -0.736. The van der Waals surface area contributed by atoms with Crippen LogP contribution >= 0.6 is 11.3 Å². The highest BCUT2D eigenvalue weighted by Crippen LogP contribution is 2.13. The second kappa shape index (κ2) is 5.41. The van der Waals surface area contributed by atoms with Crippen molar-refractivity contribution in [2.24, 2.45) is 0 Å². The van der Waals surface area contributed by atoms with Gasteiger partial charge in [-0.15, -0.1) is 10.2 Å². The number of nitrogens with one attached hydrogen (secondary N) is 1. The maximum absolute atomic E-state index is 11.0. The molecule has 1 heterocycles. The smallest absolute Gasteiger partial charge is 0.205 e. The van der Waals surface area contributed by atoms with Gasteiger partial charge >= 0.3 is 0 Å². The highest BCUT2D eigenvalue weighted by Gasteiger charge is 2.06. The van der Waals surface area contributed by atoms with Crippen LogP contribution in [-0.4, -0.2) is 32.5 Å². The highest BCUT2D eigenvalue weighted by molar-refractivity contribution is 7.84. The summed E-state index contributed by atoms with van der Waals surface area (Å²) in [6, 6.07) is 0. The summed E-state index contributed by atoms with van der Waals surface area (Å²) in [4.78, 5) is 0. The van der Waals surface area contributed by atoms with Crippen LogP contribution in [0.15, 0.2) is 0 Å². The number of rotatable bonds is 5.